The van der Waals surface area contributed by atoms with Crippen LogP contribution in [-0.2, 0) is 5.60 Å². The van der Waals surface area contributed by atoms with Gasteiger partial charge in [0.2, 0.25) is 0 Å². The second kappa shape index (κ2) is 4.09. The van der Waals surface area contributed by atoms with Gasteiger partial charge in [0.05, 0.1) is 0 Å². The van der Waals surface area contributed by atoms with E-state index in [4.69, 9.17) is 0 Å². The summed E-state index contributed by atoms with van der Waals surface area (Å²) >= 11 is 0. The summed E-state index contributed by atoms with van der Waals surface area (Å²) in [5, 5.41) is 9.72. The highest BCUT2D eigenvalue weighted by Gasteiger charge is 2.53. The Morgan fingerprint density at radius 2 is 1.69 bits per heavy atom. The molecule has 0 radical (unpaired) electrons. The van der Waals surface area contributed by atoms with Crippen LogP contribution in [0.25, 0.3) is 0 Å². The molecule has 1 rings (SSSR count). The maximum absolute atomic E-state index is 12.8. The van der Waals surface area contributed by atoms with E-state index in [0.29, 0.717) is 0 Å². The van der Waals surface area contributed by atoms with Gasteiger partial charge in [-0.2, -0.15) is 13.2 Å². The van der Waals surface area contributed by atoms with Crippen LogP contribution in [-0.4, -0.2) is 11.3 Å². The van der Waals surface area contributed by atoms with Crippen molar-refractivity contribution in [2.75, 3.05) is 0 Å². The average molecular weight is 232 g/mol. The maximum atomic E-state index is 12.8. The molecule has 4 heteroatoms. The average Bonchev–Trinajstić information content (AvgIpc) is 2.19. The molecule has 0 amide bonds. The molecule has 0 saturated heterocycles. The van der Waals surface area contributed by atoms with Crippen molar-refractivity contribution in [3.8, 4) is 0 Å². The molecule has 0 aliphatic heterocycles. The van der Waals surface area contributed by atoms with Crippen LogP contribution in [0.15, 0.2) is 18.2 Å². The number of alkyl halides is 3. The van der Waals surface area contributed by atoms with Gasteiger partial charge in [-0.3, -0.25) is 0 Å². The summed E-state index contributed by atoms with van der Waals surface area (Å²) in [6, 6.07) is 4.32. The first-order valence-corrected chi connectivity index (χ1v) is 5.09. The van der Waals surface area contributed by atoms with E-state index in [-0.39, 0.29) is 12.0 Å². The van der Waals surface area contributed by atoms with Crippen LogP contribution in [0, 0.1) is 13.8 Å². The lowest BCUT2D eigenvalue weighted by Crippen LogP contribution is -2.41. The van der Waals surface area contributed by atoms with Crippen LogP contribution in [0.3, 0.4) is 0 Å². The molecule has 16 heavy (non-hydrogen) atoms. The van der Waals surface area contributed by atoms with Crippen LogP contribution in [0.5, 0.6) is 0 Å². The molecule has 1 N–H and O–H groups in total. The molecule has 1 unspecified atom stereocenters. The fraction of sp³-hybridized carbons (Fsp3) is 0.500. The minimum absolute atomic E-state index is 0.0920. The second-order valence-electron chi connectivity index (χ2n) is 4.01. The van der Waals surface area contributed by atoms with Gasteiger partial charge in [-0.05, 0) is 37.0 Å². The number of aliphatic hydroxyl groups is 1. The summed E-state index contributed by atoms with van der Waals surface area (Å²) in [4.78, 5) is 0. The van der Waals surface area contributed by atoms with E-state index in [0.717, 1.165) is 11.1 Å². The number of halogens is 3. The Balaban J connectivity index is 3.29. The largest absolute Gasteiger partial charge is 0.421 e. The topological polar surface area (TPSA) is 20.2 Å². The Kier molecular flexibility index (Phi) is 3.33. The molecule has 1 aromatic rings. The van der Waals surface area contributed by atoms with Crippen LogP contribution in [0.1, 0.15) is 30.0 Å². The van der Waals surface area contributed by atoms with E-state index >= 15 is 0 Å². The van der Waals surface area contributed by atoms with Gasteiger partial charge in [-0.15, -0.1) is 0 Å². The number of rotatable bonds is 2. The molecule has 1 nitrogen and oxygen atoms in total. The van der Waals surface area contributed by atoms with Gasteiger partial charge < -0.3 is 5.11 Å². The maximum Gasteiger partial charge on any atom is 0.421 e. The first kappa shape index (κ1) is 13.0. The van der Waals surface area contributed by atoms with Crippen molar-refractivity contribution in [3.63, 3.8) is 0 Å². The molecule has 0 bridgehead atoms. The highest BCUT2D eigenvalue weighted by molar-refractivity contribution is 5.34. The minimum atomic E-state index is -4.65. The van der Waals surface area contributed by atoms with Gasteiger partial charge in [0.1, 0.15) is 0 Å². The third-order valence-electron chi connectivity index (χ3n) is 2.97. The minimum Gasteiger partial charge on any atom is -0.376 e. The van der Waals surface area contributed by atoms with Crippen molar-refractivity contribution in [1.29, 1.82) is 0 Å². The Hall–Kier alpha value is -1.03. The van der Waals surface area contributed by atoms with Crippen molar-refractivity contribution in [2.45, 2.75) is 39.0 Å². The summed E-state index contributed by atoms with van der Waals surface area (Å²) in [5.41, 5.74) is -1.19. The van der Waals surface area contributed by atoms with Gasteiger partial charge in [0.15, 0.2) is 5.60 Å². The van der Waals surface area contributed by atoms with Crippen molar-refractivity contribution >= 4 is 0 Å². The fourth-order valence-electron chi connectivity index (χ4n) is 1.57. The Morgan fingerprint density at radius 1 is 1.12 bits per heavy atom. The van der Waals surface area contributed by atoms with Crippen LogP contribution < -0.4 is 0 Å². The Labute approximate surface area is 92.9 Å². The normalized spacial score (nSPS) is 15.9. The van der Waals surface area contributed by atoms with E-state index in [1.807, 2.05) is 6.92 Å². The van der Waals surface area contributed by atoms with Gasteiger partial charge in [0.25, 0.3) is 0 Å². The lowest BCUT2D eigenvalue weighted by atomic mass is 9.88. The molecule has 0 aliphatic carbocycles. The summed E-state index contributed by atoms with van der Waals surface area (Å²) in [6.45, 7) is 4.87. The molecule has 0 aromatic heterocycles. The molecule has 1 aromatic carbocycles. The molecule has 0 spiro atoms. The van der Waals surface area contributed by atoms with Gasteiger partial charge in [0, 0.05) is 0 Å². The van der Waals surface area contributed by atoms with E-state index in [9.17, 15) is 18.3 Å². The van der Waals surface area contributed by atoms with Crippen LogP contribution in [0.4, 0.5) is 13.2 Å². The predicted octanol–water partition coefficient (Wildman–Crippen LogP) is 3.46. The van der Waals surface area contributed by atoms with Crippen LogP contribution >= 0.6 is 0 Å². The summed E-state index contributed by atoms with van der Waals surface area (Å²) < 4.78 is 38.3. The Bertz CT molecular complexity index is 384. The monoisotopic (exact) mass is 232 g/mol. The first-order chi connectivity index (χ1) is 7.22. The van der Waals surface area contributed by atoms with Gasteiger partial charge in [-0.1, -0.05) is 25.1 Å². The fourth-order valence-corrected chi connectivity index (χ4v) is 1.57. The second-order valence-corrected chi connectivity index (χ2v) is 4.01. The summed E-state index contributed by atoms with van der Waals surface area (Å²) in [7, 11) is 0. The summed E-state index contributed by atoms with van der Waals surface area (Å²) in [6.07, 6.45) is -5.04. The molecule has 0 heterocycles. The molecular weight excluding hydrogens is 217 g/mol. The predicted molar refractivity (Wildman–Crippen MR) is 56.2 cm³/mol. The quantitative estimate of drug-likeness (QED) is 0.827. The number of hydrogen-bond donors (Lipinski definition) is 1. The zero-order chi connectivity index (χ0) is 12.6. The zero-order valence-electron chi connectivity index (χ0n) is 9.52. The van der Waals surface area contributed by atoms with Crippen molar-refractivity contribution in [1.82, 2.24) is 0 Å². The first-order valence-electron chi connectivity index (χ1n) is 5.09. The highest BCUT2D eigenvalue weighted by Crippen LogP contribution is 2.41. The number of hydrogen-bond acceptors (Lipinski definition) is 1. The molecule has 90 valence electrons. The van der Waals surface area contributed by atoms with E-state index < -0.39 is 11.8 Å². The van der Waals surface area contributed by atoms with Gasteiger partial charge >= 0.3 is 6.18 Å². The molecule has 0 fully saturated rings. The molecule has 1 atom stereocenters. The van der Waals surface area contributed by atoms with Gasteiger partial charge in [-0.25, -0.2) is 0 Å². The van der Waals surface area contributed by atoms with Crippen LogP contribution in [0.2, 0.25) is 0 Å². The van der Waals surface area contributed by atoms with E-state index in [1.54, 1.807) is 13.0 Å². The smallest absolute Gasteiger partial charge is 0.376 e. The van der Waals surface area contributed by atoms with Crippen molar-refractivity contribution < 1.29 is 18.3 Å². The van der Waals surface area contributed by atoms with Crippen molar-refractivity contribution in [2.24, 2.45) is 0 Å². The lowest BCUT2D eigenvalue weighted by molar-refractivity contribution is -0.267. The standard InChI is InChI=1S/C12H15F3O/c1-4-11(16,12(13,14)15)10-6-5-8(2)9(3)7-10/h5-7,16H,4H2,1-3H3. The molecule has 0 saturated carbocycles. The number of aryl methyl sites for hydroxylation is 2. The molecule has 0 aliphatic rings. The third-order valence-corrected chi connectivity index (χ3v) is 2.97. The molecular formula is C12H15F3O. The van der Waals surface area contributed by atoms with Crippen molar-refractivity contribution in [3.05, 3.63) is 34.9 Å². The highest BCUT2D eigenvalue weighted by atomic mass is 19.4. The lowest BCUT2D eigenvalue weighted by Gasteiger charge is -2.30. The third kappa shape index (κ3) is 2.07. The van der Waals surface area contributed by atoms with E-state index in [1.165, 1.54) is 19.1 Å². The Morgan fingerprint density at radius 3 is 2.06 bits per heavy atom. The summed E-state index contributed by atoms with van der Waals surface area (Å²) in [5.74, 6) is 0. The van der Waals surface area contributed by atoms with E-state index in [2.05, 4.69) is 0 Å². The SMILES string of the molecule is CCC(O)(c1ccc(C)c(C)c1)C(F)(F)F. The zero-order valence-corrected chi connectivity index (χ0v) is 9.52. The number of benzene rings is 1.